The number of Topliss-reactive ketones (excluding diaryl/α,β-unsaturated/α-hetero) is 1. The topological polar surface area (TPSA) is 29.1 Å². The van der Waals surface area contributed by atoms with Gasteiger partial charge in [-0.15, -0.1) is 0 Å². The van der Waals surface area contributed by atoms with Gasteiger partial charge in [-0.05, 0) is 31.5 Å². The summed E-state index contributed by atoms with van der Waals surface area (Å²) in [7, 11) is 0. The zero-order valence-electron chi connectivity index (χ0n) is 9.44. The van der Waals surface area contributed by atoms with E-state index in [0.29, 0.717) is 6.54 Å². The molecule has 1 aromatic rings. The third-order valence-electron chi connectivity index (χ3n) is 2.28. The molecule has 0 aromatic heterocycles. The molecule has 16 heavy (non-hydrogen) atoms. The standard InChI is InChI=1S/C12H15F2NO/c1-3-6-15-7-10(16)11-9(13)5-4-8(2)12(11)14/h4-5,15H,3,6-7H2,1-2H3. The zero-order chi connectivity index (χ0) is 12.1. The summed E-state index contributed by atoms with van der Waals surface area (Å²) in [6.07, 6.45) is 0.867. The lowest BCUT2D eigenvalue weighted by atomic mass is 10.1. The second-order valence-electron chi connectivity index (χ2n) is 3.65. The van der Waals surface area contributed by atoms with Gasteiger partial charge in [0.15, 0.2) is 5.78 Å². The van der Waals surface area contributed by atoms with E-state index in [-0.39, 0.29) is 12.1 Å². The van der Waals surface area contributed by atoms with Crippen LogP contribution in [0.5, 0.6) is 0 Å². The maximum atomic E-state index is 13.5. The lowest BCUT2D eigenvalue weighted by molar-refractivity contribution is 0.0983. The molecule has 0 fully saturated rings. The summed E-state index contributed by atoms with van der Waals surface area (Å²) in [5.41, 5.74) is -0.163. The Morgan fingerprint density at radius 2 is 2.06 bits per heavy atom. The van der Waals surface area contributed by atoms with Crippen LogP contribution in [0.3, 0.4) is 0 Å². The predicted octanol–water partition coefficient (Wildman–Crippen LogP) is 2.46. The van der Waals surface area contributed by atoms with Crippen LogP contribution in [0.2, 0.25) is 0 Å². The Kier molecular flexibility index (Phi) is 4.55. The van der Waals surface area contributed by atoms with Crippen molar-refractivity contribution in [3.8, 4) is 0 Å². The van der Waals surface area contributed by atoms with E-state index in [9.17, 15) is 13.6 Å². The Balaban J connectivity index is 2.86. The van der Waals surface area contributed by atoms with Crippen LogP contribution in [0.25, 0.3) is 0 Å². The summed E-state index contributed by atoms with van der Waals surface area (Å²) in [6, 6.07) is 2.44. The Hall–Kier alpha value is -1.29. The molecule has 1 aromatic carbocycles. The van der Waals surface area contributed by atoms with E-state index in [0.717, 1.165) is 12.5 Å². The van der Waals surface area contributed by atoms with Crippen molar-refractivity contribution in [3.63, 3.8) is 0 Å². The van der Waals surface area contributed by atoms with E-state index >= 15 is 0 Å². The summed E-state index contributed by atoms with van der Waals surface area (Å²) in [5, 5.41) is 2.82. The number of halogens is 2. The van der Waals surface area contributed by atoms with Gasteiger partial charge in [0.1, 0.15) is 11.6 Å². The van der Waals surface area contributed by atoms with Gasteiger partial charge in [0.25, 0.3) is 0 Å². The van der Waals surface area contributed by atoms with Crippen LogP contribution in [0.1, 0.15) is 29.3 Å². The van der Waals surface area contributed by atoms with Crippen LogP contribution in [0.4, 0.5) is 8.78 Å². The Labute approximate surface area is 93.7 Å². The molecular formula is C12H15F2NO. The van der Waals surface area contributed by atoms with E-state index in [1.54, 1.807) is 0 Å². The van der Waals surface area contributed by atoms with Crippen LogP contribution in [0.15, 0.2) is 12.1 Å². The maximum absolute atomic E-state index is 13.5. The molecule has 0 heterocycles. The summed E-state index contributed by atoms with van der Waals surface area (Å²) in [6.45, 7) is 4.07. The molecule has 1 rings (SSSR count). The largest absolute Gasteiger partial charge is 0.310 e. The van der Waals surface area contributed by atoms with E-state index in [1.807, 2.05) is 6.92 Å². The molecule has 88 valence electrons. The molecule has 0 amide bonds. The number of carbonyl (C=O) groups excluding carboxylic acids is 1. The van der Waals surface area contributed by atoms with E-state index in [4.69, 9.17) is 0 Å². The molecule has 0 unspecified atom stereocenters. The molecule has 0 aliphatic carbocycles. The Morgan fingerprint density at radius 1 is 1.38 bits per heavy atom. The van der Waals surface area contributed by atoms with Gasteiger partial charge in [-0.3, -0.25) is 4.79 Å². The minimum absolute atomic E-state index is 0.0366. The third-order valence-corrected chi connectivity index (χ3v) is 2.28. The van der Waals surface area contributed by atoms with Gasteiger partial charge >= 0.3 is 0 Å². The molecule has 0 saturated carbocycles. The highest BCUT2D eigenvalue weighted by molar-refractivity contribution is 5.98. The summed E-state index contributed by atoms with van der Waals surface area (Å²) < 4.78 is 26.8. The lowest BCUT2D eigenvalue weighted by Gasteiger charge is -2.07. The zero-order valence-corrected chi connectivity index (χ0v) is 9.44. The first-order chi connectivity index (χ1) is 7.57. The van der Waals surface area contributed by atoms with Crippen molar-refractivity contribution in [3.05, 3.63) is 34.9 Å². The van der Waals surface area contributed by atoms with Crippen LogP contribution < -0.4 is 5.32 Å². The maximum Gasteiger partial charge on any atom is 0.182 e. The van der Waals surface area contributed by atoms with Crippen LogP contribution >= 0.6 is 0 Å². The SMILES string of the molecule is CCCNCC(=O)c1c(F)ccc(C)c1F. The van der Waals surface area contributed by atoms with Crippen molar-refractivity contribution in [2.24, 2.45) is 0 Å². The van der Waals surface area contributed by atoms with Crippen molar-refractivity contribution in [2.45, 2.75) is 20.3 Å². The molecule has 2 nitrogen and oxygen atoms in total. The smallest absolute Gasteiger partial charge is 0.182 e. The van der Waals surface area contributed by atoms with Gasteiger partial charge in [-0.1, -0.05) is 13.0 Å². The van der Waals surface area contributed by atoms with Crippen molar-refractivity contribution < 1.29 is 13.6 Å². The summed E-state index contributed by atoms with van der Waals surface area (Å²) >= 11 is 0. The van der Waals surface area contributed by atoms with Gasteiger partial charge in [0.05, 0.1) is 12.1 Å². The van der Waals surface area contributed by atoms with Crippen LogP contribution in [-0.2, 0) is 0 Å². The van der Waals surface area contributed by atoms with Crippen molar-refractivity contribution in [1.29, 1.82) is 0 Å². The highest BCUT2D eigenvalue weighted by Crippen LogP contribution is 2.16. The molecule has 4 heteroatoms. The third kappa shape index (κ3) is 2.85. The molecule has 0 spiro atoms. The van der Waals surface area contributed by atoms with E-state index in [2.05, 4.69) is 5.32 Å². The van der Waals surface area contributed by atoms with Gasteiger partial charge in [-0.2, -0.15) is 0 Å². The average Bonchev–Trinajstić information content (AvgIpc) is 2.24. The second-order valence-corrected chi connectivity index (χ2v) is 3.65. The van der Waals surface area contributed by atoms with E-state index < -0.39 is 23.0 Å². The van der Waals surface area contributed by atoms with Gasteiger partial charge < -0.3 is 5.32 Å². The van der Waals surface area contributed by atoms with Crippen molar-refractivity contribution in [2.75, 3.05) is 13.1 Å². The predicted molar refractivity (Wildman–Crippen MR) is 58.6 cm³/mol. The number of carbonyl (C=O) groups is 1. The molecule has 0 saturated heterocycles. The Bertz CT molecular complexity index is 391. The molecule has 0 bridgehead atoms. The first-order valence-electron chi connectivity index (χ1n) is 5.26. The first-order valence-corrected chi connectivity index (χ1v) is 5.26. The number of benzene rings is 1. The number of hydrogen-bond donors (Lipinski definition) is 1. The second kappa shape index (κ2) is 5.70. The number of ketones is 1. The number of aryl methyl sites for hydroxylation is 1. The normalized spacial score (nSPS) is 10.5. The van der Waals surface area contributed by atoms with Crippen LogP contribution in [0, 0.1) is 18.6 Å². The van der Waals surface area contributed by atoms with Crippen molar-refractivity contribution >= 4 is 5.78 Å². The Morgan fingerprint density at radius 3 is 2.69 bits per heavy atom. The highest BCUT2D eigenvalue weighted by Gasteiger charge is 2.18. The quantitative estimate of drug-likeness (QED) is 0.618. The fourth-order valence-corrected chi connectivity index (χ4v) is 1.38. The number of nitrogens with one attached hydrogen (secondary N) is 1. The average molecular weight is 227 g/mol. The van der Waals surface area contributed by atoms with Gasteiger partial charge in [-0.25, -0.2) is 8.78 Å². The van der Waals surface area contributed by atoms with Crippen molar-refractivity contribution in [1.82, 2.24) is 5.32 Å². The van der Waals surface area contributed by atoms with E-state index in [1.165, 1.54) is 13.0 Å². The van der Waals surface area contributed by atoms with Gasteiger partial charge in [0.2, 0.25) is 0 Å². The fourth-order valence-electron chi connectivity index (χ4n) is 1.38. The number of hydrogen-bond acceptors (Lipinski definition) is 2. The first kappa shape index (κ1) is 12.8. The molecule has 0 radical (unpaired) electrons. The minimum atomic E-state index is -0.800. The van der Waals surface area contributed by atoms with Crippen LogP contribution in [-0.4, -0.2) is 18.9 Å². The molecule has 0 aliphatic rings. The summed E-state index contributed by atoms with van der Waals surface area (Å²) in [5.74, 6) is -2.11. The lowest BCUT2D eigenvalue weighted by Crippen LogP contribution is -2.25. The monoisotopic (exact) mass is 227 g/mol. The minimum Gasteiger partial charge on any atom is -0.310 e. The highest BCUT2D eigenvalue weighted by atomic mass is 19.1. The number of rotatable bonds is 5. The molecule has 0 aliphatic heterocycles. The molecular weight excluding hydrogens is 212 g/mol. The fraction of sp³-hybridized carbons (Fsp3) is 0.417. The van der Waals surface area contributed by atoms with Gasteiger partial charge in [0, 0.05) is 0 Å². The summed E-state index contributed by atoms with van der Waals surface area (Å²) in [4.78, 5) is 11.6. The molecule has 0 atom stereocenters. The molecule has 1 N–H and O–H groups in total.